The van der Waals surface area contributed by atoms with Gasteiger partial charge in [0.2, 0.25) is 0 Å². The van der Waals surface area contributed by atoms with Crippen LogP contribution in [-0.2, 0) is 0 Å². The molecule has 0 saturated heterocycles. The summed E-state index contributed by atoms with van der Waals surface area (Å²) in [6, 6.07) is 5.31. The van der Waals surface area contributed by atoms with Gasteiger partial charge in [-0.05, 0) is 34.5 Å². The summed E-state index contributed by atoms with van der Waals surface area (Å²) in [6.07, 6.45) is 0. The second-order valence-corrected chi connectivity index (χ2v) is 3.80. The van der Waals surface area contributed by atoms with Crippen LogP contribution >= 0.6 is 15.9 Å². The van der Waals surface area contributed by atoms with Crippen LogP contribution in [0.3, 0.4) is 0 Å². The third-order valence-corrected chi connectivity index (χ3v) is 2.75. The van der Waals surface area contributed by atoms with E-state index in [2.05, 4.69) is 15.9 Å². The summed E-state index contributed by atoms with van der Waals surface area (Å²) in [5.74, 6) is -0.0695. The summed E-state index contributed by atoms with van der Waals surface area (Å²) in [4.78, 5) is 11.2. The van der Waals surface area contributed by atoms with Gasteiger partial charge in [-0.15, -0.1) is 0 Å². The van der Waals surface area contributed by atoms with Gasteiger partial charge in [0.25, 0.3) is 0 Å². The Hall–Kier alpha value is -1.29. The van der Waals surface area contributed by atoms with Crippen molar-refractivity contribution >= 4 is 26.9 Å². The number of hydrogen-bond donors (Lipinski definition) is 1. The van der Waals surface area contributed by atoms with E-state index in [1.807, 2.05) is 13.0 Å². The van der Waals surface area contributed by atoms with Gasteiger partial charge >= 0.3 is 5.63 Å². The Morgan fingerprint density at radius 1 is 1.43 bits per heavy atom. The summed E-state index contributed by atoms with van der Waals surface area (Å²) in [6.45, 7) is 1.82. The van der Waals surface area contributed by atoms with E-state index in [0.717, 1.165) is 5.56 Å². The molecule has 1 N–H and O–H groups in total. The van der Waals surface area contributed by atoms with Crippen LogP contribution in [0, 0.1) is 6.92 Å². The number of aryl methyl sites for hydroxylation is 1. The lowest BCUT2D eigenvalue weighted by molar-refractivity contribution is 0.462. The van der Waals surface area contributed by atoms with Crippen molar-refractivity contribution in [1.82, 2.24) is 0 Å². The molecule has 0 bridgehead atoms. The van der Waals surface area contributed by atoms with E-state index in [-0.39, 0.29) is 10.2 Å². The molecule has 0 unspecified atom stereocenters. The number of halogens is 1. The molecule has 0 atom stereocenters. The maximum Gasteiger partial charge on any atom is 0.354 e. The van der Waals surface area contributed by atoms with Gasteiger partial charge < -0.3 is 9.52 Å². The fourth-order valence-corrected chi connectivity index (χ4v) is 1.62. The molecule has 0 aliphatic heterocycles. The van der Waals surface area contributed by atoms with Gasteiger partial charge in [0.15, 0.2) is 0 Å². The van der Waals surface area contributed by atoms with Gasteiger partial charge in [-0.25, -0.2) is 4.79 Å². The molecule has 0 fully saturated rings. The minimum atomic E-state index is -0.565. The molecule has 14 heavy (non-hydrogen) atoms. The van der Waals surface area contributed by atoms with Crippen LogP contribution in [-0.4, -0.2) is 5.11 Å². The maximum atomic E-state index is 11.2. The van der Waals surface area contributed by atoms with Crippen molar-refractivity contribution < 1.29 is 9.52 Å². The van der Waals surface area contributed by atoms with Crippen molar-refractivity contribution in [3.63, 3.8) is 0 Å². The SMILES string of the molecule is Cc1cccc2c(O)c(Br)c(=O)oc12. The minimum Gasteiger partial charge on any atom is -0.506 e. The third kappa shape index (κ3) is 1.23. The van der Waals surface area contributed by atoms with Gasteiger partial charge in [-0.3, -0.25) is 0 Å². The van der Waals surface area contributed by atoms with E-state index in [1.54, 1.807) is 12.1 Å². The number of rotatable bonds is 0. The molecular formula is C10H7BrO3. The Bertz CT molecular complexity index is 557. The van der Waals surface area contributed by atoms with Crippen LogP contribution in [0.15, 0.2) is 31.9 Å². The zero-order chi connectivity index (χ0) is 10.3. The first kappa shape index (κ1) is 9.27. The van der Waals surface area contributed by atoms with Crippen molar-refractivity contribution in [3.05, 3.63) is 38.7 Å². The topological polar surface area (TPSA) is 50.4 Å². The summed E-state index contributed by atoms with van der Waals surface area (Å²) in [5.41, 5.74) is 0.685. The van der Waals surface area contributed by atoms with Crippen LogP contribution in [0.1, 0.15) is 5.56 Å². The van der Waals surface area contributed by atoms with Crippen molar-refractivity contribution in [2.75, 3.05) is 0 Å². The molecule has 4 heteroatoms. The highest BCUT2D eigenvalue weighted by molar-refractivity contribution is 9.10. The summed E-state index contributed by atoms with van der Waals surface area (Å²) in [5, 5.41) is 10.2. The molecule has 2 aromatic rings. The lowest BCUT2D eigenvalue weighted by atomic mass is 10.1. The number of aromatic hydroxyl groups is 1. The first-order chi connectivity index (χ1) is 6.61. The fraction of sp³-hybridized carbons (Fsp3) is 0.100. The Balaban J connectivity index is 3.06. The quantitative estimate of drug-likeness (QED) is 0.736. The highest BCUT2D eigenvalue weighted by atomic mass is 79.9. The van der Waals surface area contributed by atoms with Crippen molar-refractivity contribution in [2.24, 2.45) is 0 Å². The largest absolute Gasteiger partial charge is 0.506 e. The molecule has 0 aliphatic rings. The Labute approximate surface area is 88.1 Å². The Kier molecular flexibility index (Phi) is 2.07. The van der Waals surface area contributed by atoms with Gasteiger partial charge in [0.05, 0.1) is 5.39 Å². The predicted octanol–water partition coefficient (Wildman–Crippen LogP) is 2.57. The smallest absolute Gasteiger partial charge is 0.354 e. The van der Waals surface area contributed by atoms with E-state index >= 15 is 0 Å². The molecule has 0 spiro atoms. The van der Waals surface area contributed by atoms with Crippen LogP contribution in [0.2, 0.25) is 0 Å². The normalized spacial score (nSPS) is 10.7. The average molecular weight is 255 g/mol. The summed E-state index contributed by atoms with van der Waals surface area (Å²) >= 11 is 2.97. The van der Waals surface area contributed by atoms with Crippen LogP contribution in [0.25, 0.3) is 11.0 Å². The van der Waals surface area contributed by atoms with Crippen molar-refractivity contribution in [1.29, 1.82) is 0 Å². The monoisotopic (exact) mass is 254 g/mol. The first-order valence-electron chi connectivity index (χ1n) is 4.02. The molecule has 1 aromatic heterocycles. The lowest BCUT2D eigenvalue weighted by Crippen LogP contribution is -2.00. The molecule has 2 rings (SSSR count). The van der Waals surface area contributed by atoms with E-state index in [4.69, 9.17) is 4.42 Å². The molecule has 0 radical (unpaired) electrons. The molecule has 72 valence electrons. The minimum absolute atomic E-state index is 0.0654. The second-order valence-electron chi connectivity index (χ2n) is 3.00. The fourth-order valence-electron chi connectivity index (χ4n) is 1.33. The van der Waals surface area contributed by atoms with Gasteiger partial charge in [0, 0.05) is 0 Å². The number of hydrogen-bond acceptors (Lipinski definition) is 3. The molecule has 3 nitrogen and oxygen atoms in total. The van der Waals surface area contributed by atoms with Crippen LogP contribution < -0.4 is 5.63 Å². The molecule has 0 aliphatic carbocycles. The molecule has 0 amide bonds. The Morgan fingerprint density at radius 3 is 2.86 bits per heavy atom. The van der Waals surface area contributed by atoms with Gasteiger partial charge in [-0.1, -0.05) is 12.1 Å². The molecular weight excluding hydrogens is 248 g/mol. The van der Waals surface area contributed by atoms with E-state index < -0.39 is 5.63 Å². The molecule has 1 heterocycles. The number of fused-ring (bicyclic) bond motifs is 1. The Morgan fingerprint density at radius 2 is 2.14 bits per heavy atom. The zero-order valence-corrected chi connectivity index (χ0v) is 8.96. The third-order valence-electron chi connectivity index (χ3n) is 2.05. The molecule has 0 saturated carbocycles. The summed E-state index contributed by atoms with van der Waals surface area (Å²) in [7, 11) is 0. The van der Waals surface area contributed by atoms with Gasteiger partial charge in [-0.2, -0.15) is 0 Å². The number of para-hydroxylation sites is 1. The van der Waals surface area contributed by atoms with E-state index in [0.29, 0.717) is 11.0 Å². The second kappa shape index (κ2) is 3.13. The number of benzene rings is 1. The van der Waals surface area contributed by atoms with Crippen LogP contribution in [0.5, 0.6) is 5.75 Å². The lowest BCUT2D eigenvalue weighted by Gasteiger charge is -2.03. The summed E-state index contributed by atoms with van der Waals surface area (Å²) < 4.78 is 5.11. The van der Waals surface area contributed by atoms with E-state index in [1.165, 1.54) is 0 Å². The predicted molar refractivity (Wildman–Crippen MR) is 56.6 cm³/mol. The van der Waals surface area contributed by atoms with Crippen molar-refractivity contribution in [3.8, 4) is 5.75 Å². The highest BCUT2D eigenvalue weighted by Gasteiger charge is 2.11. The first-order valence-corrected chi connectivity index (χ1v) is 4.81. The van der Waals surface area contributed by atoms with Gasteiger partial charge in [0.1, 0.15) is 15.8 Å². The average Bonchev–Trinajstić information content (AvgIpc) is 2.17. The zero-order valence-electron chi connectivity index (χ0n) is 7.37. The maximum absolute atomic E-state index is 11.2. The van der Waals surface area contributed by atoms with Crippen LogP contribution in [0.4, 0.5) is 0 Å². The standard InChI is InChI=1S/C10H7BrO3/c1-5-3-2-4-6-8(12)7(11)10(13)14-9(5)6/h2-4,12H,1H3. The molecule has 1 aromatic carbocycles. The van der Waals surface area contributed by atoms with E-state index in [9.17, 15) is 9.90 Å². The van der Waals surface area contributed by atoms with Crippen molar-refractivity contribution in [2.45, 2.75) is 6.92 Å². The highest BCUT2D eigenvalue weighted by Crippen LogP contribution is 2.30.